The minimum absolute atomic E-state index is 0.0755. The summed E-state index contributed by atoms with van der Waals surface area (Å²) in [5.74, 6) is -0.0755. The molecule has 0 aliphatic heterocycles. The maximum absolute atomic E-state index is 11.2. The fourth-order valence-electron chi connectivity index (χ4n) is 1.58. The van der Waals surface area contributed by atoms with Crippen LogP contribution in [0.3, 0.4) is 0 Å². The van der Waals surface area contributed by atoms with E-state index in [0.717, 1.165) is 15.8 Å². The largest absolute Gasteiger partial charge is 0.301 e. The number of fused-ring (bicyclic) bond motifs is 1. The number of hydrogen-bond acceptors (Lipinski definition) is 3. The second-order valence-electron chi connectivity index (χ2n) is 3.63. The molecule has 1 N–H and O–H groups in total. The number of carbonyl (C=O) groups excluding carboxylic acids is 1. The molecular weight excluding hydrogens is 288 g/mol. The van der Waals surface area contributed by atoms with E-state index in [1.54, 1.807) is 0 Å². The minimum atomic E-state index is -0.0755. The molecule has 0 radical (unpaired) electrons. The van der Waals surface area contributed by atoms with Gasteiger partial charge in [-0.25, -0.2) is 4.98 Å². The van der Waals surface area contributed by atoms with Crippen molar-refractivity contribution in [3.8, 4) is 0 Å². The highest BCUT2D eigenvalue weighted by Crippen LogP contribution is 2.29. The van der Waals surface area contributed by atoms with Gasteiger partial charge in [0.2, 0.25) is 5.91 Å². The van der Waals surface area contributed by atoms with Crippen LogP contribution in [-0.2, 0) is 4.79 Å². The Bertz CT molecular complexity index is 550. The summed E-state index contributed by atoms with van der Waals surface area (Å²) >= 11 is 4.61. The number of hydrogen-bond donors (Lipinski definition) is 1. The van der Waals surface area contributed by atoms with Crippen LogP contribution < -0.4 is 5.32 Å². The molecule has 0 bridgehead atoms. The van der Waals surface area contributed by atoms with Crippen molar-refractivity contribution < 1.29 is 4.79 Å². The predicted octanol–water partition coefficient (Wildman–Crippen LogP) is 3.25. The van der Waals surface area contributed by atoms with Crippen LogP contribution in [0.1, 0.15) is 11.1 Å². The Hall–Kier alpha value is -0.940. The van der Waals surface area contributed by atoms with E-state index >= 15 is 0 Å². The lowest BCUT2D eigenvalue weighted by Crippen LogP contribution is -2.11. The molecule has 1 heterocycles. The van der Waals surface area contributed by atoms with E-state index in [2.05, 4.69) is 45.3 Å². The van der Waals surface area contributed by atoms with Gasteiger partial charge in [0.15, 0.2) is 5.13 Å². The van der Waals surface area contributed by atoms with Crippen molar-refractivity contribution in [2.45, 2.75) is 13.8 Å². The molecule has 5 heteroatoms. The topological polar surface area (TPSA) is 42.0 Å². The van der Waals surface area contributed by atoms with Crippen LogP contribution in [0.5, 0.6) is 0 Å². The summed E-state index contributed by atoms with van der Waals surface area (Å²) in [6, 6.07) is 4.18. The standard InChI is InChI=1S/C11H11BrN2OS/c1-6-3-7(2)10-8(4-6)16-11(14-10)13-9(15)5-12/h3-4H,5H2,1-2H3,(H,13,14,15). The van der Waals surface area contributed by atoms with Gasteiger partial charge in [0.05, 0.1) is 15.5 Å². The van der Waals surface area contributed by atoms with E-state index in [1.807, 2.05) is 6.92 Å². The van der Waals surface area contributed by atoms with Gasteiger partial charge in [-0.15, -0.1) is 0 Å². The Morgan fingerprint density at radius 1 is 1.50 bits per heavy atom. The molecule has 1 aromatic carbocycles. The number of thiazole rings is 1. The Labute approximate surface area is 106 Å². The maximum Gasteiger partial charge on any atom is 0.236 e. The maximum atomic E-state index is 11.2. The van der Waals surface area contributed by atoms with Crippen molar-refractivity contribution in [2.75, 3.05) is 10.6 Å². The molecule has 0 saturated heterocycles. The molecule has 1 amide bonds. The van der Waals surface area contributed by atoms with E-state index in [4.69, 9.17) is 0 Å². The highest BCUT2D eigenvalue weighted by molar-refractivity contribution is 9.09. The van der Waals surface area contributed by atoms with E-state index in [0.29, 0.717) is 10.5 Å². The molecule has 0 spiro atoms. The zero-order valence-corrected chi connectivity index (χ0v) is 11.4. The van der Waals surface area contributed by atoms with Gasteiger partial charge in [-0.3, -0.25) is 4.79 Å². The van der Waals surface area contributed by atoms with Gasteiger partial charge >= 0.3 is 0 Å². The summed E-state index contributed by atoms with van der Waals surface area (Å²) in [5.41, 5.74) is 3.33. The molecule has 84 valence electrons. The molecule has 2 rings (SSSR count). The van der Waals surface area contributed by atoms with E-state index in [9.17, 15) is 4.79 Å². The third kappa shape index (κ3) is 2.25. The zero-order chi connectivity index (χ0) is 11.7. The van der Waals surface area contributed by atoms with E-state index < -0.39 is 0 Å². The van der Waals surface area contributed by atoms with Gasteiger partial charge in [-0.1, -0.05) is 33.3 Å². The van der Waals surface area contributed by atoms with Gasteiger partial charge in [0, 0.05) is 0 Å². The highest BCUT2D eigenvalue weighted by atomic mass is 79.9. The lowest BCUT2D eigenvalue weighted by Gasteiger charge is -1.96. The van der Waals surface area contributed by atoms with Crippen LogP contribution in [0.4, 0.5) is 5.13 Å². The molecule has 0 aliphatic carbocycles. The number of alkyl halides is 1. The number of nitrogens with one attached hydrogen (secondary N) is 1. The number of halogens is 1. The third-order valence-electron chi connectivity index (χ3n) is 2.20. The fraction of sp³-hybridized carbons (Fsp3) is 0.273. The van der Waals surface area contributed by atoms with Crippen molar-refractivity contribution in [3.05, 3.63) is 23.3 Å². The van der Waals surface area contributed by atoms with Crippen LogP contribution in [0.2, 0.25) is 0 Å². The number of amides is 1. The van der Waals surface area contributed by atoms with Crippen molar-refractivity contribution in [1.82, 2.24) is 4.98 Å². The summed E-state index contributed by atoms with van der Waals surface area (Å²) in [6.07, 6.45) is 0. The van der Waals surface area contributed by atoms with E-state index in [1.165, 1.54) is 16.9 Å². The first-order chi connectivity index (χ1) is 7.60. The molecule has 1 aromatic heterocycles. The lowest BCUT2D eigenvalue weighted by atomic mass is 10.1. The Morgan fingerprint density at radius 2 is 2.25 bits per heavy atom. The SMILES string of the molecule is Cc1cc(C)c2nc(NC(=O)CBr)sc2c1. The number of benzene rings is 1. The zero-order valence-electron chi connectivity index (χ0n) is 9.00. The number of nitrogens with zero attached hydrogens (tertiary/aromatic N) is 1. The molecule has 0 saturated carbocycles. The minimum Gasteiger partial charge on any atom is -0.301 e. The summed E-state index contributed by atoms with van der Waals surface area (Å²) in [5, 5.41) is 3.70. The number of rotatable bonds is 2. The molecule has 0 fully saturated rings. The van der Waals surface area contributed by atoms with Crippen LogP contribution >= 0.6 is 27.3 Å². The molecule has 0 atom stereocenters. The van der Waals surface area contributed by atoms with Crippen molar-refractivity contribution in [2.24, 2.45) is 0 Å². The lowest BCUT2D eigenvalue weighted by molar-refractivity contribution is -0.113. The summed E-state index contributed by atoms with van der Waals surface area (Å²) in [6.45, 7) is 4.09. The monoisotopic (exact) mass is 298 g/mol. The van der Waals surface area contributed by atoms with Gasteiger partial charge < -0.3 is 5.32 Å². The predicted molar refractivity (Wildman–Crippen MR) is 71.5 cm³/mol. The first-order valence-corrected chi connectivity index (χ1v) is 6.77. The van der Waals surface area contributed by atoms with Gasteiger partial charge in [0.1, 0.15) is 0 Å². The molecular formula is C11H11BrN2OS. The van der Waals surface area contributed by atoms with Crippen LogP contribution in [0.25, 0.3) is 10.2 Å². The fourth-order valence-corrected chi connectivity index (χ4v) is 2.78. The van der Waals surface area contributed by atoms with Crippen molar-refractivity contribution in [1.29, 1.82) is 0 Å². The Morgan fingerprint density at radius 3 is 2.94 bits per heavy atom. The normalized spacial score (nSPS) is 10.7. The summed E-state index contributed by atoms with van der Waals surface area (Å²) < 4.78 is 1.11. The first-order valence-electron chi connectivity index (χ1n) is 4.84. The van der Waals surface area contributed by atoms with Crippen LogP contribution in [0, 0.1) is 13.8 Å². The highest BCUT2D eigenvalue weighted by Gasteiger charge is 2.08. The van der Waals surface area contributed by atoms with Crippen molar-refractivity contribution >= 4 is 48.5 Å². The molecule has 2 aromatic rings. The van der Waals surface area contributed by atoms with Crippen LogP contribution in [-0.4, -0.2) is 16.2 Å². The molecule has 0 aliphatic rings. The van der Waals surface area contributed by atoms with Gasteiger partial charge in [-0.05, 0) is 31.0 Å². The quantitative estimate of drug-likeness (QED) is 0.865. The molecule has 3 nitrogen and oxygen atoms in total. The second kappa shape index (κ2) is 4.51. The van der Waals surface area contributed by atoms with Gasteiger partial charge in [-0.2, -0.15) is 0 Å². The number of anilines is 1. The summed E-state index contributed by atoms with van der Waals surface area (Å²) in [4.78, 5) is 15.6. The molecule has 0 unspecified atom stereocenters. The average molecular weight is 299 g/mol. The second-order valence-corrected chi connectivity index (χ2v) is 5.22. The Kier molecular flexibility index (Phi) is 3.25. The number of aromatic nitrogens is 1. The third-order valence-corrected chi connectivity index (χ3v) is 3.62. The summed E-state index contributed by atoms with van der Waals surface area (Å²) in [7, 11) is 0. The first kappa shape index (κ1) is 11.5. The van der Waals surface area contributed by atoms with Gasteiger partial charge in [0.25, 0.3) is 0 Å². The van der Waals surface area contributed by atoms with E-state index in [-0.39, 0.29) is 5.91 Å². The Balaban J connectivity index is 2.44. The number of aryl methyl sites for hydroxylation is 2. The average Bonchev–Trinajstić information content (AvgIpc) is 2.60. The van der Waals surface area contributed by atoms with Crippen LogP contribution in [0.15, 0.2) is 12.1 Å². The van der Waals surface area contributed by atoms with Crippen molar-refractivity contribution in [3.63, 3.8) is 0 Å². The number of carbonyl (C=O) groups is 1. The molecule has 16 heavy (non-hydrogen) atoms. The smallest absolute Gasteiger partial charge is 0.236 e.